The Labute approximate surface area is 260 Å². The number of aromatic nitrogens is 1. The maximum absolute atomic E-state index is 14.0. The van der Waals surface area contributed by atoms with Gasteiger partial charge in [-0.15, -0.1) is 0 Å². The van der Waals surface area contributed by atoms with Crippen LogP contribution in [-0.4, -0.2) is 53.0 Å². The van der Waals surface area contributed by atoms with Crippen LogP contribution in [0.25, 0.3) is 5.69 Å². The molecule has 0 aliphatic heterocycles. The minimum atomic E-state index is -4.34. The van der Waals surface area contributed by atoms with E-state index in [1.165, 1.54) is 57.9 Å². The summed E-state index contributed by atoms with van der Waals surface area (Å²) in [6, 6.07) is 18.0. The van der Waals surface area contributed by atoms with Crippen molar-refractivity contribution in [2.75, 3.05) is 32.2 Å². The van der Waals surface area contributed by atoms with Gasteiger partial charge in [-0.1, -0.05) is 29.3 Å². The van der Waals surface area contributed by atoms with Gasteiger partial charge in [0.2, 0.25) is 0 Å². The third-order valence-electron chi connectivity index (χ3n) is 6.57. The lowest BCUT2D eigenvalue weighted by Crippen LogP contribution is -2.39. The van der Waals surface area contributed by atoms with Gasteiger partial charge in [0, 0.05) is 38.8 Å². The third kappa shape index (κ3) is 6.90. The van der Waals surface area contributed by atoms with Gasteiger partial charge in [-0.05, 0) is 68.4 Å². The number of hydrogen-bond donors (Lipinski definition) is 1. The number of aryl methyl sites for hydroxylation is 1. The lowest BCUT2D eigenvalue weighted by molar-refractivity contribution is -0.119. The van der Waals surface area contributed by atoms with Gasteiger partial charge in [0.25, 0.3) is 15.9 Å². The van der Waals surface area contributed by atoms with Crippen molar-refractivity contribution in [1.29, 1.82) is 0 Å². The zero-order chi connectivity index (χ0) is 31.3. The van der Waals surface area contributed by atoms with E-state index >= 15 is 0 Å². The van der Waals surface area contributed by atoms with Crippen molar-refractivity contribution in [3.8, 4) is 22.9 Å². The van der Waals surface area contributed by atoms with Crippen LogP contribution in [0.2, 0.25) is 10.0 Å². The molecule has 3 aromatic carbocycles. The molecule has 1 aromatic heterocycles. The molecule has 0 atom stereocenters. The Balaban J connectivity index is 1.64. The molecule has 1 N–H and O–H groups in total. The second-order valence-electron chi connectivity index (χ2n) is 9.28. The van der Waals surface area contributed by atoms with Gasteiger partial charge >= 0.3 is 0 Å². The largest absolute Gasteiger partial charge is 0.495 e. The number of halogens is 2. The molecule has 0 saturated carbocycles. The van der Waals surface area contributed by atoms with E-state index in [9.17, 15) is 13.2 Å². The molecule has 0 aliphatic rings. The predicted octanol–water partition coefficient (Wildman–Crippen LogP) is 5.77. The van der Waals surface area contributed by atoms with Gasteiger partial charge < -0.3 is 18.8 Å². The van der Waals surface area contributed by atoms with Gasteiger partial charge in [0.1, 0.15) is 12.3 Å². The van der Waals surface area contributed by atoms with Crippen LogP contribution in [0, 0.1) is 13.8 Å². The number of ether oxygens (including phenoxy) is 3. The summed E-state index contributed by atoms with van der Waals surface area (Å²) < 4.78 is 46.7. The smallest absolute Gasteiger partial charge is 0.265 e. The van der Waals surface area contributed by atoms with E-state index in [-0.39, 0.29) is 27.1 Å². The first-order valence-electron chi connectivity index (χ1n) is 12.8. The van der Waals surface area contributed by atoms with Gasteiger partial charge in [0.15, 0.2) is 11.5 Å². The number of carbonyl (C=O) groups excluding carboxylic acids is 1. The standard InChI is InChI=1S/C30H30Cl2N4O6S/c1-19-13-21(20(2)36(19)24-8-6-7-22(31)14-24)17-33-34-30(37)18-35(26-15-23(32)9-11-27(26)40-3)43(38,39)25-10-12-28(41-4)29(16-25)42-5/h6-17H,18H2,1-5H3,(H,34,37)/b33-17+. The number of carbonyl (C=O) groups is 1. The normalized spacial score (nSPS) is 11.4. The zero-order valence-corrected chi connectivity index (χ0v) is 26.4. The minimum Gasteiger partial charge on any atom is -0.495 e. The number of hydrogen-bond acceptors (Lipinski definition) is 7. The van der Waals surface area contributed by atoms with Crippen molar-refractivity contribution in [3.05, 3.63) is 93.7 Å². The minimum absolute atomic E-state index is 0.0639. The van der Waals surface area contributed by atoms with E-state index in [1.807, 2.05) is 42.7 Å². The molecule has 43 heavy (non-hydrogen) atoms. The number of methoxy groups -OCH3 is 3. The monoisotopic (exact) mass is 644 g/mol. The Morgan fingerprint density at radius 3 is 2.26 bits per heavy atom. The van der Waals surface area contributed by atoms with Crippen molar-refractivity contribution >= 4 is 51.0 Å². The van der Waals surface area contributed by atoms with E-state index in [2.05, 4.69) is 10.5 Å². The first-order valence-corrected chi connectivity index (χ1v) is 15.0. The summed E-state index contributed by atoms with van der Waals surface area (Å²) >= 11 is 12.4. The fourth-order valence-electron chi connectivity index (χ4n) is 4.53. The first kappa shape index (κ1) is 31.7. The van der Waals surface area contributed by atoms with E-state index in [0.717, 1.165) is 26.9 Å². The molecule has 4 rings (SSSR count). The number of amides is 1. The Morgan fingerprint density at radius 2 is 1.58 bits per heavy atom. The first-order chi connectivity index (χ1) is 20.5. The summed E-state index contributed by atoms with van der Waals surface area (Å²) in [5.41, 5.74) is 5.94. The van der Waals surface area contributed by atoms with E-state index in [4.69, 9.17) is 37.4 Å². The molecule has 0 bridgehead atoms. The zero-order valence-electron chi connectivity index (χ0n) is 24.1. The Morgan fingerprint density at radius 1 is 0.907 bits per heavy atom. The molecule has 0 aliphatic carbocycles. The van der Waals surface area contributed by atoms with Crippen LogP contribution >= 0.6 is 23.2 Å². The fourth-order valence-corrected chi connectivity index (χ4v) is 6.32. The molecule has 10 nitrogen and oxygen atoms in total. The van der Waals surface area contributed by atoms with E-state index in [1.54, 1.807) is 12.1 Å². The Kier molecular flexibility index (Phi) is 9.90. The lowest BCUT2D eigenvalue weighted by Gasteiger charge is -2.25. The van der Waals surface area contributed by atoms with Crippen LogP contribution in [0.4, 0.5) is 5.69 Å². The van der Waals surface area contributed by atoms with Crippen molar-refractivity contribution in [1.82, 2.24) is 9.99 Å². The van der Waals surface area contributed by atoms with E-state index < -0.39 is 22.5 Å². The molecule has 0 spiro atoms. The maximum Gasteiger partial charge on any atom is 0.265 e. The average Bonchev–Trinajstić information content (AvgIpc) is 3.27. The fraction of sp³-hybridized carbons (Fsp3) is 0.200. The predicted molar refractivity (Wildman–Crippen MR) is 168 cm³/mol. The van der Waals surface area contributed by atoms with Crippen LogP contribution in [0.5, 0.6) is 17.2 Å². The number of hydrazone groups is 1. The Hall–Kier alpha value is -4.19. The summed E-state index contributed by atoms with van der Waals surface area (Å²) in [7, 11) is -0.125. The van der Waals surface area contributed by atoms with Crippen LogP contribution in [-0.2, 0) is 14.8 Å². The molecule has 4 aromatic rings. The highest BCUT2D eigenvalue weighted by atomic mass is 35.5. The summed E-state index contributed by atoms with van der Waals surface area (Å²) in [5, 5.41) is 4.96. The number of nitrogens with zero attached hydrogens (tertiary/aromatic N) is 3. The van der Waals surface area contributed by atoms with Crippen molar-refractivity contribution < 1.29 is 27.4 Å². The number of nitrogens with one attached hydrogen (secondary N) is 1. The highest BCUT2D eigenvalue weighted by Gasteiger charge is 2.30. The quantitative estimate of drug-likeness (QED) is 0.164. The third-order valence-corrected chi connectivity index (χ3v) is 8.80. The lowest BCUT2D eigenvalue weighted by atomic mass is 10.2. The highest BCUT2D eigenvalue weighted by molar-refractivity contribution is 7.92. The SMILES string of the molecule is COc1ccc(S(=O)(=O)N(CC(=O)N/N=C/c2cc(C)n(-c3cccc(Cl)c3)c2C)c2cc(Cl)ccc2OC)cc1OC. The summed E-state index contributed by atoms with van der Waals surface area (Å²) in [5.74, 6) is 0.0327. The summed E-state index contributed by atoms with van der Waals surface area (Å²) in [6.07, 6.45) is 1.49. The summed E-state index contributed by atoms with van der Waals surface area (Å²) in [6.45, 7) is 3.23. The van der Waals surface area contributed by atoms with Gasteiger partial charge in [-0.25, -0.2) is 13.8 Å². The molecule has 0 unspecified atom stereocenters. The Bertz CT molecular complexity index is 1790. The number of sulfonamides is 1. The number of anilines is 1. The van der Waals surface area contributed by atoms with Gasteiger partial charge in [-0.3, -0.25) is 9.10 Å². The topological polar surface area (TPSA) is 111 Å². The molecule has 0 radical (unpaired) electrons. The van der Waals surface area contributed by atoms with E-state index in [0.29, 0.717) is 10.8 Å². The maximum atomic E-state index is 14.0. The molecule has 1 heterocycles. The van der Waals surface area contributed by atoms with Crippen molar-refractivity contribution in [2.24, 2.45) is 5.10 Å². The number of rotatable bonds is 11. The van der Waals surface area contributed by atoms with Crippen LogP contribution in [0.15, 0.2) is 76.7 Å². The second-order valence-corrected chi connectivity index (χ2v) is 12.0. The number of benzene rings is 3. The van der Waals surface area contributed by atoms with Crippen LogP contribution in [0.1, 0.15) is 17.0 Å². The molecule has 226 valence electrons. The molecule has 13 heteroatoms. The molecule has 1 amide bonds. The van der Waals surface area contributed by atoms with Gasteiger partial charge in [0.05, 0.1) is 38.1 Å². The average molecular weight is 646 g/mol. The molecule has 0 fully saturated rings. The summed E-state index contributed by atoms with van der Waals surface area (Å²) in [4.78, 5) is 13.0. The van der Waals surface area contributed by atoms with Crippen LogP contribution in [0.3, 0.4) is 0 Å². The molecular formula is C30H30Cl2N4O6S. The van der Waals surface area contributed by atoms with Gasteiger partial charge in [-0.2, -0.15) is 5.10 Å². The second kappa shape index (κ2) is 13.4. The molecule has 0 saturated heterocycles. The molecular weight excluding hydrogens is 615 g/mol. The van der Waals surface area contributed by atoms with Crippen LogP contribution < -0.4 is 23.9 Å². The highest BCUT2D eigenvalue weighted by Crippen LogP contribution is 2.37. The van der Waals surface area contributed by atoms with Crippen molar-refractivity contribution in [2.45, 2.75) is 18.7 Å². The van der Waals surface area contributed by atoms with Crippen molar-refractivity contribution in [3.63, 3.8) is 0 Å².